The van der Waals surface area contributed by atoms with Crippen LogP contribution in [0.4, 0.5) is 4.39 Å². The molecule has 5 rings (SSSR count). The number of hydrogen-bond donors (Lipinski definition) is 0. The van der Waals surface area contributed by atoms with E-state index in [1.807, 2.05) is 50.2 Å². The number of hydrogen-bond acceptors (Lipinski definition) is 4. The quantitative estimate of drug-likeness (QED) is 0.248. The third-order valence-electron chi connectivity index (χ3n) is 6.85. The van der Waals surface area contributed by atoms with Crippen LogP contribution in [0.5, 0.6) is 5.75 Å². The molecular formula is C31H30FNO4. The number of halogens is 1. The zero-order valence-corrected chi connectivity index (χ0v) is 21.3. The van der Waals surface area contributed by atoms with Crippen molar-refractivity contribution in [3.63, 3.8) is 0 Å². The van der Waals surface area contributed by atoms with E-state index in [1.54, 1.807) is 17.0 Å². The summed E-state index contributed by atoms with van der Waals surface area (Å²) in [6.45, 7) is 6.74. The van der Waals surface area contributed by atoms with Crippen LogP contribution in [-0.2, 0) is 6.54 Å². The van der Waals surface area contributed by atoms with Gasteiger partial charge in [0.2, 0.25) is 5.76 Å². The first kappa shape index (κ1) is 24.8. The molecule has 0 N–H and O–H groups in total. The summed E-state index contributed by atoms with van der Waals surface area (Å²) in [5.41, 5.74) is 3.81. The van der Waals surface area contributed by atoms with Crippen LogP contribution >= 0.6 is 0 Å². The number of unbranched alkanes of at least 4 members (excludes halogenated alkanes) is 2. The molecule has 1 amide bonds. The van der Waals surface area contributed by atoms with Gasteiger partial charge in [0.15, 0.2) is 5.43 Å². The number of ether oxygens (including phenoxy) is 1. The Balaban J connectivity index is 1.64. The summed E-state index contributed by atoms with van der Waals surface area (Å²) in [6, 6.07) is 16.7. The van der Waals surface area contributed by atoms with E-state index in [9.17, 15) is 14.0 Å². The molecule has 190 valence electrons. The van der Waals surface area contributed by atoms with Crippen molar-refractivity contribution in [1.82, 2.24) is 4.90 Å². The van der Waals surface area contributed by atoms with Gasteiger partial charge < -0.3 is 14.1 Å². The maximum atomic E-state index is 13.9. The SMILES string of the molecule is CCCCCOc1cccc(C2c3c(oc4c(C)cc(C)cc4c3=O)C(=O)N2Cc2ccc(F)cc2)c1. The number of fused-ring (bicyclic) bond motifs is 2. The molecule has 0 aliphatic carbocycles. The third-order valence-corrected chi connectivity index (χ3v) is 6.85. The molecule has 0 spiro atoms. The Kier molecular flexibility index (Phi) is 6.83. The fraction of sp³-hybridized carbons (Fsp3) is 0.290. The number of carbonyl (C=O) groups is 1. The summed E-state index contributed by atoms with van der Waals surface area (Å²) < 4.78 is 25.7. The lowest BCUT2D eigenvalue weighted by Crippen LogP contribution is -2.29. The predicted octanol–water partition coefficient (Wildman–Crippen LogP) is 6.86. The molecule has 0 saturated heterocycles. The van der Waals surface area contributed by atoms with Crippen molar-refractivity contribution in [3.05, 3.63) is 110 Å². The molecule has 37 heavy (non-hydrogen) atoms. The van der Waals surface area contributed by atoms with E-state index in [1.165, 1.54) is 12.1 Å². The van der Waals surface area contributed by atoms with Gasteiger partial charge in [0, 0.05) is 6.54 Å². The van der Waals surface area contributed by atoms with Crippen LogP contribution in [0.25, 0.3) is 11.0 Å². The second-order valence-corrected chi connectivity index (χ2v) is 9.72. The van der Waals surface area contributed by atoms with Crippen LogP contribution in [-0.4, -0.2) is 17.4 Å². The van der Waals surface area contributed by atoms with E-state index >= 15 is 0 Å². The summed E-state index contributed by atoms with van der Waals surface area (Å²) in [5, 5.41) is 0.463. The molecule has 1 aliphatic rings. The minimum Gasteiger partial charge on any atom is -0.494 e. The smallest absolute Gasteiger partial charge is 0.291 e. The first-order valence-electron chi connectivity index (χ1n) is 12.7. The molecule has 4 aromatic rings. The molecule has 1 unspecified atom stereocenters. The normalized spacial score (nSPS) is 14.9. The van der Waals surface area contributed by atoms with Crippen LogP contribution in [0.3, 0.4) is 0 Å². The number of rotatable bonds is 8. The van der Waals surface area contributed by atoms with E-state index in [0.29, 0.717) is 28.9 Å². The topological polar surface area (TPSA) is 59.8 Å². The molecule has 5 nitrogen and oxygen atoms in total. The maximum Gasteiger partial charge on any atom is 0.291 e. The summed E-state index contributed by atoms with van der Waals surface area (Å²) in [7, 11) is 0. The average molecular weight is 500 g/mol. The summed E-state index contributed by atoms with van der Waals surface area (Å²) >= 11 is 0. The fourth-order valence-electron chi connectivity index (χ4n) is 5.09. The van der Waals surface area contributed by atoms with Gasteiger partial charge in [-0.25, -0.2) is 4.39 Å². The van der Waals surface area contributed by atoms with Gasteiger partial charge >= 0.3 is 0 Å². The fourth-order valence-corrected chi connectivity index (χ4v) is 5.09. The van der Waals surface area contributed by atoms with Gasteiger partial charge in [-0.15, -0.1) is 0 Å². The van der Waals surface area contributed by atoms with Gasteiger partial charge in [-0.05, 0) is 72.9 Å². The van der Waals surface area contributed by atoms with Crippen LogP contribution in [0.1, 0.15) is 70.6 Å². The van der Waals surface area contributed by atoms with Crippen LogP contribution in [0, 0.1) is 19.7 Å². The first-order valence-corrected chi connectivity index (χ1v) is 12.7. The Bertz CT molecular complexity index is 1520. The second-order valence-electron chi connectivity index (χ2n) is 9.72. The zero-order valence-electron chi connectivity index (χ0n) is 21.3. The van der Waals surface area contributed by atoms with Crippen molar-refractivity contribution in [2.45, 2.75) is 52.6 Å². The van der Waals surface area contributed by atoms with Crippen molar-refractivity contribution in [2.75, 3.05) is 6.61 Å². The van der Waals surface area contributed by atoms with Crippen LogP contribution in [0.2, 0.25) is 0 Å². The van der Waals surface area contributed by atoms with E-state index in [-0.39, 0.29) is 29.5 Å². The van der Waals surface area contributed by atoms with Gasteiger partial charge in [-0.2, -0.15) is 0 Å². The minimum absolute atomic E-state index is 0.0610. The molecule has 3 aromatic carbocycles. The highest BCUT2D eigenvalue weighted by atomic mass is 19.1. The standard InChI is InChI=1S/C31H30FNO4/c1-4-5-6-14-36-24-9-7-8-22(17-24)27-26-28(34)25-16-19(2)15-20(3)29(25)37-30(26)31(35)33(27)18-21-10-12-23(32)13-11-21/h7-13,15-17,27H,4-6,14,18H2,1-3H3. The predicted molar refractivity (Wildman–Crippen MR) is 142 cm³/mol. The van der Waals surface area contributed by atoms with Crippen LogP contribution < -0.4 is 10.2 Å². The molecule has 2 heterocycles. The Hall–Kier alpha value is -3.93. The molecule has 0 fully saturated rings. The number of benzene rings is 3. The molecule has 0 bridgehead atoms. The zero-order chi connectivity index (χ0) is 26.1. The molecule has 0 radical (unpaired) electrons. The molecule has 1 aromatic heterocycles. The molecule has 6 heteroatoms. The Morgan fingerprint density at radius 2 is 1.78 bits per heavy atom. The maximum absolute atomic E-state index is 13.9. The second kappa shape index (κ2) is 10.2. The Morgan fingerprint density at radius 1 is 1.00 bits per heavy atom. The van der Waals surface area contributed by atoms with Gasteiger partial charge in [-0.1, -0.05) is 50.1 Å². The molecule has 1 atom stereocenters. The number of carbonyl (C=O) groups excluding carboxylic acids is 1. The first-order chi connectivity index (χ1) is 17.9. The average Bonchev–Trinajstić information content (AvgIpc) is 3.16. The van der Waals surface area contributed by atoms with E-state index < -0.39 is 6.04 Å². The lowest BCUT2D eigenvalue weighted by Gasteiger charge is -2.25. The summed E-state index contributed by atoms with van der Waals surface area (Å²) in [6.07, 6.45) is 3.14. The van der Waals surface area contributed by atoms with Crippen molar-refractivity contribution in [1.29, 1.82) is 0 Å². The minimum atomic E-state index is -0.659. The number of nitrogens with zero attached hydrogens (tertiary/aromatic N) is 1. The highest BCUT2D eigenvalue weighted by Crippen LogP contribution is 2.40. The van der Waals surface area contributed by atoms with Crippen LogP contribution in [0.15, 0.2) is 69.9 Å². The Labute approximate surface area is 215 Å². The van der Waals surface area contributed by atoms with Gasteiger partial charge in [0.05, 0.1) is 23.6 Å². The largest absolute Gasteiger partial charge is 0.494 e. The van der Waals surface area contributed by atoms with Gasteiger partial charge in [-0.3, -0.25) is 9.59 Å². The van der Waals surface area contributed by atoms with Gasteiger partial charge in [0.1, 0.15) is 17.1 Å². The lowest BCUT2D eigenvalue weighted by molar-refractivity contribution is 0.0714. The Morgan fingerprint density at radius 3 is 2.54 bits per heavy atom. The monoisotopic (exact) mass is 499 g/mol. The van der Waals surface area contributed by atoms with Crippen molar-refractivity contribution in [3.8, 4) is 5.75 Å². The van der Waals surface area contributed by atoms with Crippen molar-refractivity contribution < 1.29 is 18.3 Å². The van der Waals surface area contributed by atoms with E-state index in [4.69, 9.17) is 9.15 Å². The highest BCUT2D eigenvalue weighted by Gasteiger charge is 2.43. The molecular weight excluding hydrogens is 469 g/mol. The lowest BCUT2D eigenvalue weighted by atomic mass is 9.97. The number of amides is 1. The van der Waals surface area contributed by atoms with Gasteiger partial charge in [0.25, 0.3) is 5.91 Å². The number of aryl methyl sites for hydroxylation is 2. The third kappa shape index (κ3) is 4.76. The molecule has 0 saturated carbocycles. The van der Waals surface area contributed by atoms with E-state index in [0.717, 1.165) is 41.5 Å². The van der Waals surface area contributed by atoms with Crippen molar-refractivity contribution >= 4 is 16.9 Å². The van der Waals surface area contributed by atoms with E-state index in [2.05, 4.69) is 6.92 Å². The van der Waals surface area contributed by atoms with Crippen molar-refractivity contribution in [2.24, 2.45) is 0 Å². The summed E-state index contributed by atoms with van der Waals surface area (Å²) in [5.74, 6) is 0.0368. The summed E-state index contributed by atoms with van der Waals surface area (Å²) in [4.78, 5) is 29.3. The molecule has 1 aliphatic heterocycles. The highest BCUT2D eigenvalue weighted by molar-refractivity contribution is 5.99.